The first-order valence-corrected chi connectivity index (χ1v) is 9.18. The molecule has 134 valence electrons. The van der Waals surface area contributed by atoms with E-state index < -0.39 is 0 Å². The predicted molar refractivity (Wildman–Crippen MR) is 88.4 cm³/mol. The van der Waals surface area contributed by atoms with E-state index in [0.717, 1.165) is 64.1 Å². The van der Waals surface area contributed by atoms with Gasteiger partial charge in [-0.2, -0.15) is 4.98 Å². The van der Waals surface area contributed by atoms with Crippen LogP contribution >= 0.6 is 0 Å². The van der Waals surface area contributed by atoms with Gasteiger partial charge >= 0.3 is 0 Å². The van der Waals surface area contributed by atoms with Crippen LogP contribution in [0.5, 0.6) is 0 Å². The second-order valence-corrected chi connectivity index (χ2v) is 6.79. The highest BCUT2D eigenvalue weighted by molar-refractivity contribution is 5.76. The van der Waals surface area contributed by atoms with Crippen molar-refractivity contribution in [2.45, 2.75) is 64.0 Å². The topological polar surface area (TPSA) is 82.7 Å². The quantitative estimate of drug-likeness (QED) is 0.835. The van der Waals surface area contributed by atoms with Gasteiger partial charge in [-0.15, -0.1) is 0 Å². The Bertz CT molecular complexity index is 540. The van der Waals surface area contributed by atoms with Crippen molar-refractivity contribution in [1.29, 1.82) is 0 Å². The first-order chi connectivity index (χ1) is 11.7. The van der Waals surface area contributed by atoms with Crippen molar-refractivity contribution in [2.75, 3.05) is 26.2 Å². The number of amides is 1. The first-order valence-electron chi connectivity index (χ1n) is 9.18. The van der Waals surface area contributed by atoms with Gasteiger partial charge in [0.2, 0.25) is 11.8 Å². The average molecular weight is 336 g/mol. The highest BCUT2D eigenvalue weighted by Crippen LogP contribution is 2.25. The fraction of sp³-hybridized carbons (Fsp3) is 0.824. The molecule has 1 aromatic rings. The Balaban J connectivity index is 1.37. The number of hydrogen-bond acceptors (Lipinski definition) is 6. The summed E-state index contributed by atoms with van der Waals surface area (Å²) in [5, 5.41) is 13.9. The van der Waals surface area contributed by atoms with Crippen molar-refractivity contribution in [3.8, 4) is 0 Å². The summed E-state index contributed by atoms with van der Waals surface area (Å²) in [6.07, 6.45) is 5.62. The van der Waals surface area contributed by atoms with Gasteiger partial charge in [0, 0.05) is 51.5 Å². The van der Waals surface area contributed by atoms with Crippen LogP contribution in [0.1, 0.15) is 50.7 Å². The molecular formula is C17H28N4O3. The van der Waals surface area contributed by atoms with E-state index >= 15 is 0 Å². The number of piperazine rings is 1. The molecule has 1 saturated heterocycles. The second-order valence-electron chi connectivity index (χ2n) is 6.79. The van der Waals surface area contributed by atoms with Gasteiger partial charge < -0.3 is 14.5 Å². The summed E-state index contributed by atoms with van der Waals surface area (Å²) in [6, 6.07) is 0.299. The van der Waals surface area contributed by atoms with Crippen molar-refractivity contribution in [3.63, 3.8) is 0 Å². The van der Waals surface area contributed by atoms with Crippen molar-refractivity contribution in [3.05, 3.63) is 11.7 Å². The van der Waals surface area contributed by atoms with Crippen molar-refractivity contribution in [2.24, 2.45) is 0 Å². The van der Waals surface area contributed by atoms with Gasteiger partial charge in [-0.3, -0.25) is 9.69 Å². The Morgan fingerprint density at radius 1 is 1.29 bits per heavy atom. The summed E-state index contributed by atoms with van der Waals surface area (Å²) in [5.41, 5.74) is 0. The number of hydrogen-bond donors (Lipinski definition) is 1. The molecule has 1 aromatic heterocycles. The molecule has 1 saturated carbocycles. The molecule has 2 aliphatic rings. The van der Waals surface area contributed by atoms with E-state index in [1.54, 1.807) is 0 Å². The molecule has 24 heavy (non-hydrogen) atoms. The van der Waals surface area contributed by atoms with Gasteiger partial charge in [-0.05, 0) is 25.7 Å². The molecule has 3 rings (SSSR count). The molecule has 2 heterocycles. The highest BCUT2D eigenvalue weighted by atomic mass is 16.5. The van der Waals surface area contributed by atoms with Gasteiger partial charge in [0.05, 0.1) is 6.10 Å². The minimum Gasteiger partial charge on any atom is -0.391 e. The number of aryl methyl sites for hydroxylation is 2. The second kappa shape index (κ2) is 8.07. The summed E-state index contributed by atoms with van der Waals surface area (Å²) in [7, 11) is 0. The minimum absolute atomic E-state index is 0.185. The molecule has 0 spiro atoms. The lowest BCUT2D eigenvalue weighted by atomic mass is 10.1. The summed E-state index contributed by atoms with van der Waals surface area (Å²) >= 11 is 0. The third-order valence-corrected chi connectivity index (χ3v) is 5.19. The van der Waals surface area contributed by atoms with E-state index in [-0.39, 0.29) is 12.0 Å². The molecule has 2 atom stereocenters. The third-order valence-electron chi connectivity index (χ3n) is 5.19. The van der Waals surface area contributed by atoms with Crippen LogP contribution in [0.25, 0.3) is 0 Å². The third kappa shape index (κ3) is 4.13. The SMILES string of the molecule is CCc1noc(CCCC(=O)N2CCN([C@H]3CCC[C@H]3O)CC2)n1. The smallest absolute Gasteiger partial charge is 0.226 e. The largest absolute Gasteiger partial charge is 0.391 e. The summed E-state index contributed by atoms with van der Waals surface area (Å²) in [6.45, 7) is 5.27. The molecule has 1 aliphatic carbocycles. The Morgan fingerprint density at radius 3 is 2.71 bits per heavy atom. The lowest BCUT2D eigenvalue weighted by Crippen LogP contribution is -2.53. The molecule has 2 fully saturated rings. The van der Waals surface area contributed by atoms with Crippen LogP contribution < -0.4 is 0 Å². The molecule has 1 N–H and O–H groups in total. The van der Waals surface area contributed by atoms with Crippen LogP contribution in [0.15, 0.2) is 4.52 Å². The number of nitrogens with zero attached hydrogens (tertiary/aromatic N) is 4. The van der Waals surface area contributed by atoms with E-state index in [0.29, 0.717) is 24.8 Å². The van der Waals surface area contributed by atoms with Gasteiger partial charge in [0.1, 0.15) is 0 Å². The van der Waals surface area contributed by atoms with Gasteiger partial charge in [0.15, 0.2) is 5.82 Å². The van der Waals surface area contributed by atoms with Crippen LogP contribution in [0.2, 0.25) is 0 Å². The number of carbonyl (C=O) groups excluding carboxylic acids is 1. The molecule has 0 aromatic carbocycles. The van der Waals surface area contributed by atoms with Crippen molar-refractivity contribution >= 4 is 5.91 Å². The fourth-order valence-corrected chi connectivity index (χ4v) is 3.73. The van der Waals surface area contributed by atoms with Gasteiger partial charge in [-0.1, -0.05) is 12.1 Å². The zero-order valence-electron chi connectivity index (χ0n) is 14.5. The maximum Gasteiger partial charge on any atom is 0.226 e. The Hall–Kier alpha value is -1.47. The number of rotatable bonds is 6. The fourth-order valence-electron chi connectivity index (χ4n) is 3.73. The molecule has 7 nitrogen and oxygen atoms in total. The maximum absolute atomic E-state index is 12.3. The predicted octanol–water partition coefficient (Wildman–Crippen LogP) is 1.01. The van der Waals surface area contributed by atoms with E-state index in [9.17, 15) is 9.90 Å². The first kappa shape index (κ1) is 17.4. The van der Waals surface area contributed by atoms with E-state index in [1.807, 2.05) is 11.8 Å². The molecule has 1 amide bonds. The van der Waals surface area contributed by atoms with Crippen LogP contribution in [-0.2, 0) is 17.6 Å². The molecule has 0 unspecified atom stereocenters. The average Bonchev–Trinajstić information content (AvgIpc) is 3.23. The van der Waals surface area contributed by atoms with Crippen LogP contribution in [0.4, 0.5) is 0 Å². The summed E-state index contributed by atoms with van der Waals surface area (Å²) < 4.78 is 5.15. The number of aliphatic hydroxyl groups is 1. The van der Waals surface area contributed by atoms with Gasteiger partial charge in [-0.25, -0.2) is 0 Å². The number of aliphatic hydroxyl groups excluding tert-OH is 1. The monoisotopic (exact) mass is 336 g/mol. The summed E-state index contributed by atoms with van der Waals surface area (Å²) in [4.78, 5) is 20.9. The van der Waals surface area contributed by atoms with Crippen LogP contribution in [-0.4, -0.2) is 69.3 Å². The number of aromatic nitrogens is 2. The molecule has 0 bridgehead atoms. The lowest BCUT2D eigenvalue weighted by Gasteiger charge is -2.39. The Kier molecular flexibility index (Phi) is 5.84. The lowest BCUT2D eigenvalue weighted by molar-refractivity contribution is -0.133. The molecule has 7 heteroatoms. The Morgan fingerprint density at radius 2 is 2.08 bits per heavy atom. The number of carbonyl (C=O) groups is 1. The van der Waals surface area contributed by atoms with E-state index in [1.165, 1.54) is 0 Å². The maximum atomic E-state index is 12.3. The molecule has 1 aliphatic heterocycles. The standard InChI is InChI=1S/C17H28N4O3/c1-2-15-18-16(24-19-15)7-4-8-17(23)21-11-9-20(10-12-21)13-5-3-6-14(13)22/h13-14,22H,2-12H2,1H3/t13-,14+/m0/s1. The zero-order valence-corrected chi connectivity index (χ0v) is 14.5. The highest BCUT2D eigenvalue weighted by Gasteiger charge is 2.33. The normalized spacial score (nSPS) is 25.3. The zero-order chi connectivity index (χ0) is 16.9. The molecular weight excluding hydrogens is 308 g/mol. The minimum atomic E-state index is -0.185. The van der Waals surface area contributed by atoms with Crippen molar-refractivity contribution in [1.82, 2.24) is 19.9 Å². The van der Waals surface area contributed by atoms with E-state index in [2.05, 4.69) is 15.0 Å². The van der Waals surface area contributed by atoms with Crippen molar-refractivity contribution < 1.29 is 14.4 Å². The van der Waals surface area contributed by atoms with E-state index in [4.69, 9.17) is 4.52 Å². The molecule has 0 radical (unpaired) electrons. The van der Waals surface area contributed by atoms with Crippen LogP contribution in [0, 0.1) is 0 Å². The Labute approximate surface area is 143 Å². The van der Waals surface area contributed by atoms with Crippen LogP contribution in [0.3, 0.4) is 0 Å². The summed E-state index contributed by atoms with van der Waals surface area (Å²) in [5.74, 6) is 1.55. The van der Waals surface area contributed by atoms with Gasteiger partial charge in [0.25, 0.3) is 0 Å².